The summed E-state index contributed by atoms with van der Waals surface area (Å²) in [5.41, 5.74) is -0.854. The van der Waals surface area contributed by atoms with Crippen molar-refractivity contribution in [3.05, 3.63) is 0 Å². The van der Waals surface area contributed by atoms with Crippen molar-refractivity contribution in [2.24, 2.45) is 0 Å². The van der Waals surface area contributed by atoms with Crippen LogP contribution in [0.5, 0.6) is 0 Å². The van der Waals surface area contributed by atoms with E-state index >= 15 is 0 Å². The molecular formula is C11H23NO3S. The zero-order chi connectivity index (χ0) is 12.8. The van der Waals surface area contributed by atoms with Crippen molar-refractivity contribution in [1.82, 2.24) is 4.31 Å². The van der Waals surface area contributed by atoms with Gasteiger partial charge in [0.05, 0.1) is 16.5 Å². The molecule has 0 aromatic rings. The van der Waals surface area contributed by atoms with Crippen molar-refractivity contribution in [2.75, 3.05) is 13.1 Å². The predicted octanol–water partition coefficient (Wildman–Crippen LogP) is 1.61. The van der Waals surface area contributed by atoms with Crippen LogP contribution in [0.3, 0.4) is 0 Å². The second kappa shape index (κ2) is 3.96. The van der Waals surface area contributed by atoms with Gasteiger partial charge in [0.15, 0.2) is 0 Å². The number of morpholine rings is 1. The van der Waals surface area contributed by atoms with Gasteiger partial charge in [0.1, 0.15) is 0 Å². The summed E-state index contributed by atoms with van der Waals surface area (Å²) in [6.07, 6.45) is 0. The third-order valence-electron chi connectivity index (χ3n) is 2.62. The van der Waals surface area contributed by atoms with Gasteiger partial charge in [-0.05, 0) is 41.5 Å². The molecule has 0 spiro atoms. The summed E-state index contributed by atoms with van der Waals surface area (Å²) in [5.74, 6) is 0. The molecule has 0 N–H and O–H groups in total. The first-order chi connectivity index (χ1) is 6.96. The molecule has 5 heteroatoms. The van der Waals surface area contributed by atoms with Crippen molar-refractivity contribution >= 4 is 10.0 Å². The lowest BCUT2D eigenvalue weighted by Crippen LogP contribution is -2.59. The molecule has 0 radical (unpaired) electrons. The fraction of sp³-hybridized carbons (Fsp3) is 1.00. The molecule has 4 nitrogen and oxygen atoms in total. The van der Waals surface area contributed by atoms with E-state index in [1.54, 1.807) is 18.2 Å². The van der Waals surface area contributed by atoms with Gasteiger partial charge in [0.25, 0.3) is 0 Å². The van der Waals surface area contributed by atoms with Crippen LogP contribution < -0.4 is 0 Å². The Labute approximate surface area is 99.0 Å². The van der Waals surface area contributed by atoms with Gasteiger partial charge in [-0.25, -0.2) is 8.42 Å². The van der Waals surface area contributed by atoms with E-state index in [1.807, 2.05) is 27.7 Å². The summed E-state index contributed by atoms with van der Waals surface area (Å²) in [6, 6.07) is 0. The Hall–Kier alpha value is -0.130. The Morgan fingerprint density at radius 2 is 1.44 bits per heavy atom. The largest absolute Gasteiger partial charge is 0.367 e. The first-order valence-corrected chi connectivity index (χ1v) is 7.16. The molecule has 0 aromatic heterocycles. The lowest BCUT2D eigenvalue weighted by Gasteiger charge is -2.46. The molecule has 96 valence electrons. The van der Waals surface area contributed by atoms with Crippen LogP contribution in [0, 0.1) is 0 Å². The fourth-order valence-electron chi connectivity index (χ4n) is 2.20. The lowest BCUT2D eigenvalue weighted by atomic mass is 10.0. The van der Waals surface area contributed by atoms with Gasteiger partial charge >= 0.3 is 0 Å². The average molecular weight is 249 g/mol. The van der Waals surface area contributed by atoms with Crippen LogP contribution >= 0.6 is 0 Å². The molecule has 16 heavy (non-hydrogen) atoms. The summed E-state index contributed by atoms with van der Waals surface area (Å²) in [7, 11) is -3.19. The first-order valence-electron chi connectivity index (χ1n) is 5.65. The van der Waals surface area contributed by atoms with Gasteiger partial charge < -0.3 is 4.74 Å². The molecule has 1 aliphatic rings. The molecule has 0 unspecified atom stereocenters. The van der Waals surface area contributed by atoms with Gasteiger partial charge in [0.2, 0.25) is 10.0 Å². The molecule has 0 atom stereocenters. The molecule has 0 bridgehead atoms. The maximum absolute atomic E-state index is 12.1. The predicted molar refractivity (Wildman–Crippen MR) is 64.9 cm³/mol. The highest BCUT2D eigenvalue weighted by molar-refractivity contribution is 7.89. The van der Waals surface area contributed by atoms with Crippen LogP contribution in [0.25, 0.3) is 0 Å². The van der Waals surface area contributed by atoms with Crippen molar-refractivity contribution < 1.29 is 13.2 Å². The molecule has 1 aliphatic heterocycles. The second-order valence-electron chi connectivity index (χ2n) is 5.98. The highest BCUT2D eigenvalue weighted by atomic mass is 32.2. The summed E-state index contributed by atoms with van der Waals surface area (Å²) >= 11 is 0. The van der Waals surface area contributed by atoms with Crippen molar-refractivity contribution in [2.45, 2.75) is 58.0 Å². The summed E-state index contributed by atoms with van der Waals surface area (Å²) in [6.45, 7) is 12.0. The number of rotatable bonds is 2. The standard InChI is InChI=1S/C11H23NO3S/c1-9(2)16(13,14)12-7-10(3,4)15-11(5,6)8-12/h9H,7-8H2,1-6H3. The highest BCUT2D eigenvalue weighted by Crippen LogP contribution is 2.30. The molecule has 0 saturated carbocycles. The van der Waals surface area contributed by atoms with Crippen LogP contribution in [0.2, 0.25) is 0 Å². The van der Waals surface area contributed by atoms with Crippen LogP contribution in [0.1, 0.15) is 41.5 Å². The summed E-state index contributed by atoms with van der Waals surface area (Å²) < 4.78 is 31.7. The van der Waals surface area contributed by atoms with Crippen LogP contribution in [0.15, 0.2) is 0 Å². The van der Waals surface area contributed by atoms with E-state index in [4.69, 9.17) is 4.74 Å². The molecule has 1 fully saturated rings. The minimum absolute atomic E-state index is 0.378. The summed E-state index contributed by atoms with van der Waals surface area (Å²) in [4.78, 5) is 0. The van der Waals surface area contributed by atoms with Crippen molar-refractivity contribution in [3.8, 4) is 0 Å². The molecule has 1 rings (SSSR count). The highest BCUT2D eigenvalue weighted by Gasteiger charge is 2.43. The topological polar surface area (TPSA) is 46.6 Å². The number of nitrogens with zero attached hydrogens (tertiary/aromatic N) is 1. The lowest BCUT2D eigenvalue weighted by molar-refractivity contribution is -0.164. The van der Waals surface area contributed by atoms with E-state index in [0.29, 0.717) is 13.1 Å². The number of ether oxygens (including phenoxy) is 1. The molecule has 0 aliphatic carbocycles. The quantitative estimate of drug-likeness (QED) is 0.747. The van der Waals surface area contributed by atoms with E-state index in [9.17, 15) is 8.42 Å². The van der Waals surface area contributed by atoms with Crippen LogP contribution in [0.4, 0.5) is 0 Å². The van der Waals surface area contributed by atoms with Crippen molar-refractivity contribution in [1.29, 1.82) is 0 Å². The van der Waals surface area contributed by atoms with Gasteiger partial charge in [-0.2, -0.15) is 4.31 Å². The Kier molecular flexibility index (Phi) is 3.45. The average Bonchev–Trinajstić information content (AvgIpc) is 1.97. The van der Waals surface area contributed by atoms with Crippen LogP contribution in [-0.2, 0) is 14.8 Å². The van der Waals surface area contributed by atoms with Gasteiger partial charge in [-0.3, -0.25) is 0 Å². The van der Waals surface area contributed by atoms with Gasteiger partial charge in [0, 0.05) is 13.1 Å². The second-order valence-corrected chi connectivity index (χ2v) is 8.47. The Bertz CT molecular complexity index is 341. The third kappa shape index (κ3) is 2.96. The summed E-state index contributed by atoms with van der Waals surface area (Å²) in [5, 5.41) is -0.378. The first kappa shape index (κ1) is 13.9. The van der Waals surface area contributed by atoms with E-state index in [-0.39, 0.29) is 5.25 Å². The smallest absolute Gasteiger partial charge is 0.216 e. The van der Waals surface area contributed by atoms with Crippen molar-refractivity contribution in [3.63, 3.8) is 0 Å². The number of hydrogen-bond donors (Lipinski definition) is 0. The van der Waals surface area contributed by atoms with Gasteiger partial charge in [-0.15, -0.1) is 0 Å². The minimum Gasteiger partial charge on any atom is -0.367 e. The Morgan fingerprint density at radius 1 is 1.06 bits per heavy atom. The Morgan fingerprint density at radius 3 is 1.75 bits per heavy atom. The number of hydrogen-bond acceptors (Lipinski definition) is 3. The monoisotopic (exact) mass is 249 g/mol. The van der Waals surface area contributed by atoms with Gasteiger partial charge in [-0.1, -0.05) is 0 Å². The zero-order valence-electron chi connectivity index (χ0n) is 11.1. The minimum atomic E-state index is -3.19. The zero-order valence-corrected chi connectivity index (χ0v) is 11.9. The molecule has 0 amide bonds. The maximum atomic E-state index is 12.1. The van der Waals surface area contributed by atoms with E-state index in [2.05, 4.69) is 0 Å². The number of sulfonamides is 1. The third-order valence-corrected chi connectivity index (χ3v) is 4.79. The maximum Gasteiger partial charge on any atom is 0.216 e. The Balaban J connectivity index is 3.00. The van der Waals surface area contributed by atoms with E-state index in [0.717, 1.165) is 0 Å². The molecular weight excluding hydrogens is 226 g/mol. The van der Waals surface area contributed by atoms with E-state index in [1.165, 1.54) is 0 Å². The normalized spacial score (nSPS) is 25.9. The molecule has 1 heterocycles. The molecule has 1 saturated heterocycles. The van der Waals surface area contributed by atoms with E-state index < -0.39 is 21.2 Å². The van der Waals surface area contributed by atoms with Crippen LogP contribution in [-0.4, -0.2) is 42.3 Å². The SMILES string of the molecule is CC(C)S(=O)(=O)N1CC(C)(C)OC(C)(C)C1. The molecule has 0 aromatic carbocycles. The fourth-order valence-corrected chi connectivity index (χ4v) is 3.77.